The molecule has 0 spiro atoms. The van der Waals surface area contributed by atoms with Crippen LogP contribution in [0.5, 0.6) is 0 Å². The molecule has 4 nitrogen and oxygen atoms in total. The quantitative estimate of drug-likeness (QED) is 0.478. The molecular weight excluding hydrogens is 322 g/mol. The number of hydrogen-bond donors (Lipinski definition) is 2. The molecule has 1 unspecified atom stereocenters. The van der Waals surface area contributed by atoms with E-state index < -0.39 is 0 Å². The highest BCUT2D eigenvalue weighted by Gasteiger charge is 2.31. The van der Waals surface area contributed by atoms with Gasteiger partial charge in [-0.3, -0.25) is 0 Å². The summed E-state index contributed by atoms with van der Waals surface area (Å²) in [6.07, 6.45) is 3.18. The van der Waals surface area contributed by atoms with E-state index in [0.717, 1.165) is 31.5 Å². The Morgan fingerprint density at radius 1 is 0.962 bits per heavy atom. The smallest absolute Gasteiger partial charge is 0.0941 e. The lowest BCUT2D eigenvalue weighted by molar-refractivity contribution is 0.143. The highest BCUT2D eigenvalue weighted by atomic mass is 16.5. The van der Waals surface area contributed by atoms with Crippen LogP contribution >= 0.6 is 0 Å². The van der Waals surface area contributed by atoms with Crippen molar-refractivity contribution in [2.45, 2.75) is 31.7 Å². The van der Waals surface area contributed by atoms with Gasteiger partial charge in [-0.2, -0.15) is 0 Å². The minimum Gasteiger partial charge on any atom is -0.383 e. The number of rotatable bonds is 11. The molecule has 0 aliphatic rings. The monoisotopic (exact) mass is 355 g/mol. The number of anilines is 1. The average Bonchev–Trinajstić information content (AvgIpc) is 2.66. The summed E-state index contributed by atoms with van der Waals surface area (Å²) in [7, 11) is 4.39. The minimum atomic E-state index is 0.116. The van der Waals surface area contributed by atoms with E-state index >= 15 is 0 Å². The molecule has 0 bridgehead atoms. The molecule has 0 aliphatic carbocycles. The topological polar surface area (TPSA) is 50.5 Å². The zero-order valence-electron chi connectivity index (χ0n) is 16.4. The standard InChI is InChI=1S/C22H33N3O/c1-4-22(25(2)3,16-19-8-6-5-7-9-19)17-20-10-12-21(13-11-20)24-14-15-26-18-23/h5-13,24H,4,14-18,23H2,1-3H3. The van der Waals surface area contributed by atoms with Gasteiger partial charge in [0, 0.05) is 17.8 Å². The van der Waals surface area contributed by atoms with Gasteiger partial charge in [-0.1, -0.05) is 49.4 Å². The van der Waals surface area contributed by atoms with Crippen molar-refractivity contribution in [2.75, 3.05) is 39.3 Å². The number of nitrogens with one attached hydrogen (secondary N) is 1. The maximum absolute atomic E-state index is 5.33. The lowest BCUT2D eigenvalue weighted by atomic mass is 9.81. The van der Waals surface area contributed by atoms with E-state index in [9.17, 15) is 0 Å². The van der Waals surface area contributed by atoms with E-state index in [2.05, 4.69) is 85.8 Å². The van der Waals surface area contributed by atoms with Gasteiger partial charge in [0.2, 0.25) is 0 Å². The third kappa shape index (κ3) is 5.84. The normalized spacial score (nSPS) is 13.6. The lowest BCUT2D eigenvalue weighted by Gasteiger charge is -2.40. The van der Waals surface area contributed by atoms with E-state index in [4.69, 9.17) is 10.5 Å². The second-order valence-electron chi connectivity index (χ2n) is 7.01. The zero-order chi connectivity index (χ0) is 18.8. The first-order chi connectivity index (χ1) is 12.6. The van der Waals surface area contributed by atoms with Gasteiger partial charge in [0.1, 0.15) is 0 Å². The molecule has 0 fully saturated rings. The largest absolute Gasteiger partial charge is 0.383 e. The number of hydrogen-bond acceptors (Lipinski definition) is 4. The number of benzene rings is 2. The summed E-state index contributed by atoms with van der Waals surface area (Å²) < 4.78 is 5.15. The third-order valence-corrected chi connectivity index (χ3v) is 5.16. The van der Waals surface area contributed by atoms with Crippen LogP contribution in [0.1, 0.15) is 24.5 Å². The summed E-state index contributed by atoms with van der Waals surface area (Å²) in [5.41, 5.74) is 9.31. The van der Waals surface area contributed by atoms with Gasteiger partial charge in [0.15, 0.2) is 0 Å². The first-order valence-corrected chi connectivity index (χ1v) is 9.41. The summed E-state index contributed by atoms with van der Waals surface area (Å²) in [6.45, 7) is 3.94. The first kappa shape index (κ1) is 20.4. The van der Waals surface area contributed by atoms with Crippen molar-refractivity contribution in [2.24, 2.45) is 5.73 Å². The summed E-state index contributed by atoms with van der Waals surface area (Å²) in [5, 5.41) is 3.36. The minimum absolute atomic E-state index is 0.116. The molecule has 2 aromatic rings. The molecule has 0 saturated carbocycles. The molecule has 0 heterocycles. The Bertz CT molecular complexity index is 628. The maximum Gasteiger partial charge on any atom is 0.0941 e. The van der Waals surface area contributed by atoms with Gasteiger partial charge >= 0.3 is 0 Å². The van der Waals surface area contributed by atoms with Crippen LogP contribution in [-0.4, -0.2) is 44.4 Å². The van der Waals surface area contributed by atoms with E-state index in [-0.39, 0.29) is 12.3 Å². The maximum atomic E-state index is 5.33. The SMILES string of the molecule is CCC(Cc1ccccc1)(Cc1ccc(NCCOCN)cc1)N(C)C. The fourth-order valence-electron chi connectivity index (χ4n) is 3.39. The van der Waals surface area contributed by atoms with Crippen LogP contribution in [0.3, 0.4) is 0 Å². The second kappa shape index (κ2) is 10.3. The molecule has 26 heavy (non-hydrogen) atoms. The van der Waals surface area contributed by atoms with Gasteiger partial charge in [-0.15, -0.1) is 0 Å². The second-order valence-corrected chi connectivity index (χ2v) is 7.01. The molecule has 0 aliphatic heterocycles. The molecule has 3 N–H and O–H groups in total. The number of ether oxygens (including phenoxy) is 1. The molecule has 2 rings (SSSR count). The fourth-order valence-corrected chi connectivity index (χ4v) is 3.39. The molecule has 0 aromatic heterocycles. The average molecular weight is 356 g/mol. The van der Waals surface area contributed by atoms with E-state index in [1.54, 1.807) is 0 Å². The summed E-state index contributed by atoms with van der Waals surface area (Å²) >= 11 is 0. The predicted molar refractivity (Wildman–Crippen MR) is 110 cm³/mol. The Kier molecular flexibility index (Phi) is 8.10. The Hall–Kier alpha value is -1.88. The third-order valence-electron chi connectivity index (χ3n) is 5.16. The van der Waals surface area contributed by atoms with Crippen molar-refractivity contribution in [3.63, 3.8) is 0 Å². The predicted octanol–water partition coefficient (Wildman–Crippen LogP) is 3.53. The van der Waals surface area contributed by atoms with Crippen LogP contribution in [0.25, 0.3) is 0 Å². The Labute approximate surface area is 158 Å². The molecule has 0 amide bonds. The van der Waals surface area contributed by atoms with Gasteiger partial charge in [0.25, 0.3) is 0 Å². The van der Waals surface area contributed by atoms with Crippen molar-refractivity contribution in [3.8, 4) is 0 Å². The van der Waals surface area contributed by atoms with Crippen molar-refractivity contribution in [1.82, 2.24) is 4.90 Å². The number of nitrogens with two attached hydrogens (primary N) is 1. The van der Waals surface area contributed by atoms with Crippen LogP contribution < -0.4 is 11.1 Å². The molecule has 2 aromatic carbocycles. The van der Waals surface area contributed by atoms with Crippen molar-refractivity contribution >= 4 is 5.69 Å². The van der Waals surface area contributed by atoms with Crippen LogP contribution in [0.2, 0.25) is 0 Å². The molecule has 0 radical (unpaired) electrons. The molecule has 4 heteroatoms. The van der Waals surface area contributed by atoms with Crippen LogP contribution in [0, 0.1) is 0 Å². The van der Waals surface area contributed by atoms with Gasteiger partial charge < -0.3 is 20.7 Å². The Morgan fingerprint density at radius 3 is 2.12 bits per heavy atom. The van der Waals surface area contributed by atoms with Crippen molar-refractivity contribution in [1.29, 1.82) is 0 Å². The number of likely N-dealkylation sites (N-methyl/N-ethyl adjacent to an activating group) is 1. The van der Waals surface area contributed by atoms with Crippen molar-refractivity contribution in [3.05, 3.63) is 65.7 Å². The molecule has 0 saturated heterocycles. The molecule has 142 valence electrons. The Balaban J connectivity index is 2.05. The van der Waals surface area contributed by atoms with E-state index in [0.29, 0.717) is 6.61 Å². The summed E-state index contributed by atoms with van der Waals surface area (Å²) in [6, 6.07) is 19.5. The highest BCUT2D eigenvalue weighted by molar-refractivity contribution is 5.45. The number of nitrogens with zero attached hydrogens (tertiary/aromatic N) is 1. The van der Waals surface area contributed by atoms with Crippen LogP contribution in [0.4, 0.5) is 5.69 Å². The fraction of sp³-hybridized carbons (Fsp3) is 0.455. The van der Waals surface area contributed by atoms with E-state index in [1.165, 1.54) is 11.1 Å². The van der Waals surface area contributed by atoms with Gasteiger partial charge in [-0.25, -0.2) is 0 Å². The van der Waals surface area contributed by atoms with Crippen molar-refractivity contribution < 1.29 is 4.74 Å². The Morgan fingerprint density at radius 2 is 1.58 bits per heavy atom. The van der Waals surface area contributed by atoms with Crippen LogP contribution in [0.15, 0.2) is 54.6 Å². The van der Waals surface area contributed by atoms with E-state index in [1.807, 2.05) is 0 Å². The van der Waals surface area contributed by atoms with Gasteiger partial charge in [-0.05, 0) is 56.6 Å². The highest BCUT2D eigenvalue weighted by Crippen LogP contribution is 2.28. The molecular formula is C22H33N3O. The summed E-state index contributed by atoms with van der Waals surface area (Å²) in [5.74, 6) is 0. The lowest BCUT2D eigenvalue weighted by Crippen LogP contribution is -2.47. The first-order valence-electron chi connectivity index (χ1n) is 9.41. The van der Waals surface area contributed by atoms with Gasteiger partial charge in [0.05, 0.1) is 13.3 Å². The molecule has 1 atom stereocenters. The summed E-state index contributed by atoms with van der Waals surface area (Å²) in [4.78, 5) is 2.39. The van der Waals surface area contributed by atoms with Crippen LogP contribution in [-0.2, 0) is 17.6 Å². The zero-order valence-corrected chi connectivity index (χ0v) is 16.4.